The second kappa shape index (κ2) is 5.61. The minimum atomic E-state index is -2.88. The lowest BCUT2D eigenvalue weighted by Gasteiger charge is -2.25. The van der Waals surface area contributed by atoms with Gasteiger partial charge in [-0.1, -0.05) is 12.1 Å². The standard InChI is InChI=1S/C13H19NO3S/c1-2-17-13-8-4-3-7-12(13)14-11-6-5-9-18(15,16)10-11/h3-4,7-8,11,14H,2,5-6,9-10H2,1H3. The summed E-state index contributed by atoms with van der Waals surface area (Å²) in [6.45, 7) is 2.53. The van der Waals surface area contributed by atoms with Crippen LogP contribution in [0.5, 0.6) is 5.75 Å². The highest BCUT2D eigenvalue weighted by Gasteiger charge is 2.25. The minimum absolute atomic E-state index is 0.00893. The molecule has 2 rings (SSSR count). The molecule has 1 heterocycles. The van der Waals surface area contributed by atoms with Gasteiger partial charge in [0.25, 0.3) is 0 Å². The third kappa shape index (κ3) is 3.38. The molecular weight excluding hydrogens is 250 g/mol. The van der Waals surface area contributed by atoms with Crippen molar-refractivity contribution in [1.29, 1.82) is 0 Å². The van der Waals surface area contributed by atoms with Crippen LogP contribution in [0.15, 0.2) is 24.3 Å². The number of benzene rings is 1. The average Bonchev–Trinajstić information content (AvgIpc) is 2.31. The molecule has 1 atom stereocenters. The summed E-state index contributed by atoms with van der Waals surface area (Å²) in [6.07, 6.45) is 1.62. The van der Waals surface area contributed by atoms with E-state index >= 15 is 0 Å². The Morgan fingerprint density at radius 1 is 1.39 bits per heavy atom. The summed E-state index contributed by atoms with van der Waals surface area (Å²) < 4.78 is 28.7. The highest BCUT2D eigenvalue weighted by molar-refractivity contribution is 7.91. The van der Waals surface area contributed by atoms with E-state index < -0.39 is 9.84 Å². The van der Waals surface area contributed by atoms with Crippen molar-refractivity contribution in [3.63, 3.8) is 0 Å². The molecule has 1 aromatic rings. The number of hydrogen-bond donors (Lipinski definition) is 1. The number of hydrogen-bond acceptors (Lipinski definition) is 4. The molecule has 0 saturated carbocycles. The molecule has 5 heteroatoms. The Morgan fingerprint density at radius 2 is 2.17 bits per heavy atom. The molecule has 0 amide bonds. The van der Waals surface area contributed by atoms with Gasteiger partial charge in [0.2, 0.25) is 0 Å². The summed E-state index contributed by atoms with van der Waals surface area (Å²) in [5, 5.41) is 3.29. The molecule has 1 N–H and O–H groups in total. The molecule has 0 aliphatic carbocycles. The number of rotatable bonds is 4. The van der Waals surface area contributed by atoms with Crippen molar-refractivity contribution in [3.8, 4) is 5.75 Å². The first kappa shape index (κ1) is 13.2. The highest BCUT2D eigenvalue weighted by atomic mass is 32.2. The van der Waals surface area contributed by atoms with Crippen molar-refractivity contribution >= 4 is 15.5 Å². The molecule has 0 bridgehead atoms. The molecule has 0 spiro atoms. The van der Waals surface area contributed by atoms with Gasteiger partial charge in [-0.15, -0.1) is 0 Å². The van der Waals surface area contributed by atoms with Gasteiger partial charge in [0.15, 0.2) is 9.84 Å². The summed E-state index contributed by atoms with van der Waals surface area (Å²) in [5.41, 5.74) is 0.876. The molecule has 1 unspecified atom stereocenters. The van der Waals surface area contributed by atoms with Gasteiger partial charge < -0.3 is 10.1 Å². The fourth-order valence-corrected chi connectivity index (χ4v) is 3.86. The lowest BCUT2D eigenvalue weighted by Crippen LogP contribution is -2.34. The van der Waals surface area contributed by atoms with Crippen molar-refractivity contribution in [2.75, 3.05) is 23.4 Å². The molecule has 1 aliphatic rings. The van der Waals surface area contributed by atoms with Crippen LogP contribution < -0.4 is 10.1 Å². The molecule has 0 aromatic heterocycles. The van der Waals surface area contributed by atoms with Crippen LogP contribution in [-0.2, 0) is 9.84 Å². The van der Waals surface area contributed by atoms with E-state index in [-0.39, 0.29) is 11.8 Å². The first-order chi connectivity index (χ1) is 8.61. The fraction of sp³-hybridized carbons (Fsp3) is 0.538. The van der Waals surface area contributed by atoms with E-state index in [0.717, 1.165) is 24.3 Å². The normalized spacial score (nSPS) is 22.4. The quantitative estimate of drug-likeness (QED) is 0.909. The van der Waals surface area contributed by atoms with Gasteiger partial charge in [0.05, 0.1) is 23.8 Å². The minimum Gasteiger partial charge on any atom is -0.492 e. The van der Waals surface area contributed by atoms with Gasteiger partial charge in [0, 0.05) is 6.04 Å². The van der Waals surface area contributed by atoms with Crippen LogP contribution >= 0.6 is 0 Å². The van der Waals surface area contributed by atoms with Gasteiger partial charge >= 0.3 is 0 Å². The molecule has 100 valence electrons. The first-order valence-electron chi connectivity index (χ1n) is 6.29. The molecular formula is C13H19NO3S. The van der Waals surface area contributed by atoms with Crippen LogP contribution in [0, 0.1) is 0 Å². The Labute approximate surface area is 108 Å². The van der Waals surface area contributed by atoms with Crippen molar-refractivity contribution in [2.24, 2.45) is 0 Å². The van der Waals surface area contributed by atoms with E-state index in [4.69, 9.17) is 4.74 Å². The Morgan fingerprint density at radius 3 is 2.89 bits per heavy atom. The van der Waals surface area contributed by atoms with Crippen molar-refractivity contribution in [2.45, 2.75) is 25.8 Å². The van der Waals surface area contributed by atoms with E-state index in [9.17, 15) is 8.42 Å². The van der Waals surface area contributed by atoms with Crippen LogP contribution in [0.25, 0.3) is 0 Å². The van der Waals surface area contributed by atoms with Crippen LogP contribution in [0.2, 0.25) is 0 Å². The Hall–Kier alpha value is -1.23. The number of anilines is 1. The lowest BCUT2D eigenvalue weighted by atomic mass is 10.1. The van der Waals surface area contributed by atoms with Crippen molar-refractivity contribution in [1.82, 2.24) is 0 Å². The van der Waals surface area contributed by atoms with Gasteiger partial charge in [-0.2, -0.15) is 0 Å². The zero-order valence-corrected chi connectivity index (χ0v) is 11.4. The largest absolute Gasteiger partial charge is 0.492 e. The zero-order valence-electron chi connectivity index (χ0n) is 10.6. The molecule has 1 aliphatic heterocycles. The third-order valence-electron chi connectivity index (χ3n) is 3.01. The van der Waals surface area contributed by atoms with E-state index in [1.165, 1.54) is 0 Å². The van der Waals surface area contributed by atoms with Crippen LogP contribution in [0.3, 0.4) is 0 Å². The summed E-state index contributed by atoms with van der Waals surface area (Å²) in [7, 11) is -2.88. The van der Waals surface area contributed by atoms with Gasteiger partial charge in [-0.05, 0) is 31.9 Å². The average molecular weight is 269 g/mol. The van der Waals surface area contributed by atoms with Crippen LogP contribution in [0.1, 0.15) is 19.8 Å². The maximum atomic E-state index is 11.6. The maximum absolute atomic E-state index is 11.6. The smallest absolute Gasteiger partial charge is 0.152 e. The highest BCUT2D eigenvalue weighted by Crippen LogP contribution is 2.26. The molecule has 1 saturated heterocycles. The van der Waals surface area contributed by atoms with Crippen LogP contribution in [-0.4, -0.2) is 32.6 Å². The molecule has 4 nitrogen and oxygen atoms in total. The predicted molar refractivity (Wildman–Crippen MR) is 72.9 cm³/mol. The summed E-state index contributed by atoms with van der Waals surface area (Å²) >= 11 is 0. The SMILES string of the molecule is CCOc1ccccc1NC1CCCS(=O)(=O)C1. The zero-order chi connectivity index (χ0) is 13.0. The van der Waals surface area contributed by atoms with E-state index in [2.05, 4.69) is 5.32 Å². The molecule has 1 aromatic carbocycles. The maximum Gasteiger partial charge on any atom is 0.152 e. The summed E-state index contributed by atoms with van der Waals surface area (Å²) in [5.74, 6) is 1.31. The summed E-state index contributed by atoms with van der Waals surface area (Å²) in [4.78, 5) is 0. The van der Waals surface area contributed by atoms with Crippen molar-refractivity contribution < 1.29 is 13.2 Å². The Kier molecular flexibility index (Phi) is 4.11. The van der Waals surface area contributed by atoms with Gasteiger partial charge in [0.1, 0.15) is 5.75 Å². The third-order valence-corrected chi connectivity index (χ3v) is 4.83. The molecule has 0 radical (unpaired) electrons. The fourth-order valence-electron chi connectivity index (χ4n) is 2.22. The summed E-state index contributed by atoms with van der Waals surface area (Å²) in [6, 6.07) is 7.64. The lowest BCUT2D eigenvalue weighted by molar-refractivity contribution is 0.341. The number of nitrogens with one attached hydrogen (secondary N) is 1. The Bertz CT molecular complexity index is 499. The Balaban J connectivity index is 2.09. The number of sulfone groups is 1. The predicted octanol–water partition coefficient (Wildman–Crippen LogP) is 2.07. The van der Waals surface area contributed by atoms with Crippen LogP contribution in [0.4, 0.5) is 5.69 Å². The van der Waals surface area contributed by atoms with E-state index in [1.807, 2.05) is 31.2 Å². The van der Waals surface area contributed by atoms with Crippen molar-refractivity contribution in [3.05, 3.63) is 24.3 Å². The second-order valence-corrected chi connectivity index (χ2v) is 6.76. The van der Waals surface area contributed by atoms with Gasteiger partial charge in [-0.25, -0.2) is 8.42 Å². The number of para-hydroxylation sites is 2. The first-order valence-corrected chi connectivity index (χ1v) is 8.11. The number of ether oxygens (including phenoxy) is 1. The monoisotopic (exact) mass is 269 g/mol. The topological polar surface area (TPSA) is 55.4 Å². The molecule has 18 heavy (non-hydrogen) atoms. The van der Waals surface area contributed by atoms with E-state index in [1.54, 1.807) is 0 Å². The van der Waals surface area contributed by atoms with E-state index in [0.29, 0.717) is 12.4 Å². The van der Waals surface area contributed by atoms with Gasteiger partial charge in [-0.3, -0.25) is 0 Å². The second-order valence-electron chi connectivity index (χ2n) is 4.53. The molecule has 1 fully saturated rings.